The van der Waals surface area contributed by atoms with E-state index in [0.717, 1.165) is 0 Å². The van der Waals surface area contributed by atoms with Crippen molar-refractivity contribution in [3.63, 3.8) is 0 Å². The molecule has 2 aromatic carbocycles. The number of nitrogens with two attached hydrogens (primary N) is 3. The molecular formula is C70H105N21O21. The highest BCUT2D eigenvalue weighted by atomic mass is 16.4. The van der Waals surface area contributed by atoms with Crippen LogP contribution in [0.4, 0.5) is 0 Å². The van der Waals surface area contributed by atoms with Gasteiger partial charge >= 0.3 is 23.9 Å². The fourth-order valence-electron chi connectivity index (χ4n) is 10.9. The third-order valence-corrected chi connectivity index (χ3v) is 16.9. The SMILES string of the molecule is CC(C)C[C@H](NC(=O)[C@H](Cc1c[nH]c2ccccc12)NC(=O)[C@H](C)NC(=O)[C@@H](NC(=O)[C@H](Cc1ccccc1)NC(=O)[C@H](CC(=O)O)NC(=O)[C@H](CCCNC(=N)N)NC(=O)[C@H](C)NC(=O)[C@H](CCCNC(=N)N)NC(=O)[C@@H](N)CCC(=O)O)C(C)C)C(=O)N[C@@H](CCC(=O)O)C(=O)N[C@@H](C)C(=O)NCC(=O)NCC(=O)O. The summed E-state index contributed by atoms with van der Waals surface area (Å²) in [5.41, 5.74) is 18.3. The van der Waals surface area contributed by atoms with Gasteiger partial charge in [-0.15, -0.1) is 0 Å². The first-order chi connectivity index (χ1) is 52.6. The lowest BCUT2D eigenvalue weighted by Gasteiger charge is -2.29. The number of carboxylic acid groups (broad SMARTS) is 4. The summed E-state index contributed by atoms with van der Waals surface area (Å²) in [5, 5.41) is 89.8. The van der Waals surface area contributed by atoms with Crippen LogP contribution in [-0.4, -0.2) is 237 Å². The van der Waals surface area contributed by atoms with Crippen molar-refractivity contribution in [3.05, 3.63) is 71.9 Å². The molecule has 28 N–H and O–H groups in total. The number of hydrogen-bond donors (Lipinski definition) is 25. The Bertz CT molecular complexity index is 3840. The first kappa shape index (κ1) is 93.7. The van der Waals surface area contributed by atoms with Crippen LogP contribution in [-0.2, 0) is 94.3 Å². The van der Waals surface area contributed by atoms with Gasteiger partial charge in [-0.2, -0.15) is 0 Å². The molecule has 0 aliphatic carbocycles. The van der Waals surface area contributed by atoms with Crippen LogP contribution < -0.4 is 97.0 Å². The van der Waals surface area contributed by atoms with Crippen LogP contribution in [0.3, 0.4) is 0 Å². The number of rotatable bonds is 50. The summed E-state index contributed by atoms with van der Waals surface area (Å²) in [4.78, 5) is 230. The predicted octanol–water partition coefficient (Wildman–Crippen LogP) is -5.58. The van der Waals surface area contributed by atoms with Gasteiger partial charge in [0, 0.05) is 55.9 Å². The lowest BCUT2D eigenvalue weighted by molar-refractivity contribution is -0.142. The highest BCUT2D eigenvalue weighted by Crippen LogP contribution is 2.20. The standard InChI is InChI=1S/C70H105N21O21/c1-34(2)27-47(64(108)86-46(22-24-53(95)96)62(106)81-36(5)57(101)80-32-51(92)79-33-55(99)100)88-65(109)49(29-40-31-78-43-18-12-11-17-41(40)43)87-59(103)38(7)83-68(112)56(35(3)4)91-67(111)48(28-39-15-9-8-10-16-39)89-66(110)50(30-54(97)98)90-63(107)45(20-14-26-77-70(74)75)84-58(102)37(6)82-61(105)44(19-13-25-76-69(72)73)85-60(104)42(71)21-23-52(93)94/h8-12,15-18,31,34-38,42,44-50,56,78H,13-14,19-30,32-33,71H2,1-7H3,(H,79,92)(H,80,101)(H,81,106)(H,82,105)(H,83,112)(H,84,102)(H,85,104)(H,86,108)(H,87,103)(H,88,109)(H,89,110)(H,90,107)(H,91,111)(H,93,94)(H,95,96)(H,97,98)(H,99,100)(H4,72,73,76)(H4,74,75,77)/t36-,37-,38-,42-,44-,45-,46-,47-,48-,49-,50-,56-/m0/s1. The van der Waals surface area contributed by atoms with E-state index in [1.807, 2.05) is 5.32 Å². The first-order valence-electron chi connectivity index (χ1n) is 35.9. The van der Waals surface area contributed by atoms with Gasteiger partial charge in [0.05, 0.1) is 19.0 Å². The molecule has 42 heteroatoms. The number of aromatic amines is 1. The van der Waals surface area contributed by atoms with Crippen molar-refractivity contribution in [1.82, 2.24) is 84.7 Å². The first-order valence-corrected chi connectivity index (χ1v) is 35.9. The average molecular weight is 1580 g/mol. The van der Waals surface area contributed by atoms with Crippen molar-refractivity contribution in [2.24, 2.45) is 29.0 Å². The van der Waals surface area contributed by atoms with Gasteiger partial charge < -0.3 is 122 Å². The molecule has 0 spiro atoms. The Labute approximate surface area is 643 Å². The number of carboxylic acids is 4. The monoisotopic (exact) mass is 1580 g/mol. The molecular weight excluding hydrogens is 1470 g/mol. The van der Waals surface area contributed by atoms with E-state index in [1.165, 1.54) is 34.6 Å². The van der Waals surface area contributed by atoms with Crippen LogP contribution in [0.15, 0.2) is 60.8 Å². The number of aliphatic carboxylic acids is 4. The predicted molar refractivity (Wildman–Crippen MR) is 401 cm³/mol. The smallest absolute Gasteiger partial charge is 0.322 e. The van der Waals surface area contributed by atoms with E-state index in [1.54, 1.807) is 74.6 Å². The number of aromatic nitrogens is 1. The quantitative estimate of drug-likeness (QED) is 0.0142. The maximum atomic E-state index is 14.7. The van der Waals surface area contributed by atoms with E-state index in [2.05, 4.69) is 79.4 Å². The van der Waals surface area contributed by atoms with Crippen LogP contribution >= 0.6 is 0 Å². The molecule has 0 radical (unpaired) electrons. The van der Waals surface area contributed by atoms with Gasteiger partial charge in [-0.3, -0.25) is 92.3 Å². The second kappa shape index (κ2) is 47.4. The Morgan fingerprint density at radius 3 is 1.38 bits per heavy atom. The van der Waals surface area contributed by atoms with E-state index in [4.69, 9.17) is 38.2 Å². The van der Waals surface area contributed by atoms with E-state index >= 15 is 0 Å². The number of carbonyl (C=O) groups excluding carboxylic acids is 13. The third kappa shape index (κ3) is 34.8. The Balaban J connectivity index is 1.93. The number of para-hydroxylation sites is 1. The van der Waals surface area contributed by atoms with Gasteiger partial charge in [0.15, 0.2) is 11.9 Å². The Hall–Kier alpha value is -12.5. The summed E-state index contributed by atoms with van der Waals surface area (Å²) < 4.78 is 0. The zero-order valence-electron chi connectivity index (χ0n) is 63.1. The molecule has 616 valence electrons. The number of nitrogens with one attached hydrogen (secondary N) is 18. The molecule has 1 aromatic heterocycles. The molecule has 13 amide bonds. The Kier molecular flexibility index (Phi) is 39.7. The van der Waals surface area contributed by atoms with Crippen molar-refractivity contribution in [2.45, 2.75) is 198 Å². The molecule has 0 unspecified atom stereocenters. The van der Waals surface area contributed by atoms with E-state index in [0.29, 0.717) is 22.0 Å². The third-order valence-electron chi connectivity index (χ3n) is 16.9. The molecule has 112 heavy (non-hydrogen) atoms. The van der Waals surface area contributed by atoms with Crippen LogP contribution in [0.1, 0.15) is 124 Å². The van der Waals surface area contributed by atoms with Crippen molar-refractivity contribution < 1.29 is 102 Å². The van der Waals surface area contributed by atoms with Crippen LogP contribution in [0.25, 0.3) is 10.9 Å². The topological polar surface area (TPSA) is 693 Å². The van der Waals surface area contributed by atoms with E-state index < -0.39 is 224 Å². The number of benzene rings is 2. The molecule has 0 saturated carbocycles. The van der Waals surface area contributed by atoms with Crippen LogP contribution in [0.5, 0.6) is 0 Å². The number of H-pyrrole nitrogens is 1. The minimum atomic E-state index is -2.00. The van der Waals surface area contributed by atoms with Crippen LogP contribution in [0.2, 0.25) is 0 Å². The molecule has 1 heterocycles. The molecule has 42 nitrogen and oxygen atoms in total. The van der Waals surface area contributed by atoms with Crippen molar-refractivity contribution in [3.8, 4) is 0 Å². The van der Waals surface area contributed by atoms with Crippen molar-refractivity contribution in [2.75, 3.05) is 26.2 Å². The van der Waals surface area contributed by atoms with Gasteiger partial charge in [-0.1, -0.05) is 76.2 Å². The van der Waals surface area contributed by atoms with Crippen molar-refractivity contribution >= 4 is 123 Å². The van der Waals surface area contributed by atoms with Crippen LogP contribution in [0, 0.1) is 22.7 Å². The molecule has 12 atom stereocenters. The fourth-order valence-corrected chi connectivity index (χ4v) is 10.9. The zero-order chi connectivity index (χ0) is 84.1. The lowest BCUT2D eigenvalue weighted by Crippen LogP contribution is -2.61. The average Bonchev–Trinajstić information content (AvgIpc) is 1.60. The summed E-state index contributed by atoms with van der Waals surface area (Å²) in [5.74, 6) is -20.5. The minimum absolute atomic E-state index is 0.00798. The maximum absolute atomic E-state index is 14.7. The maximum Gasteiger partial charge on any atom is 0.322 e. The number of guanidine groups is 2. The molecule has 0 aliphatic rings. The highest BCUT2D eigenvalue weighted by Gasteiger charge is 2.38. The largest absolute Gasteiger partial charge is 0.481 e. The minimum Gasteiger partial charge on any atom is -0.481 e. The summed E-state index contributed by atoms with van der Waals surface area (Å²) >= 11 is 0. The number of carbonyl (C=O) groups is 17. The van der Waals surface area contributed by atoms with Gasteiger partial charge in [-0.05, 0) is 94.7 Å². The summed E-state index contributed by atoms with van der Waals surface area (Å²) in [6.45, 7) is 8.77. The zero-order valence-corrected chi connectivity index (χ0v) is 63.1. The number of hydrogen-bond acceptors (Lipinski definition) is 20. The second-order valence-electron chi connectivity index (χ2n) is 27.2. The van der Waals surface area contributed by atoms with Gasteiger partial charge in [0.1, 0.15) is 73.0 Å². The Morgan fingerprint density at radius 1 is 0.411 bits per heavy atom. The summed E-state index contributed by atoms with van der Waals surface area (Å²) in [6, 6.07) is -3.59. The fraction of sp³-hybridized carbons (Fsp3) is 0.529. The highest BCUT2D eigenvalue weighted by molar-refractivity contribution is 6.01. The molecule has 0 fully saturated rings. The number of fused-ring (bicyclic) bond motifs is 1. The summed E-state index contributed by atoms with van der Waals surface area (Å²) in [7, 11) is 0. The molecule has 0 bridgehead atoms. The number of amides is 13. The summed E-state index contributed by atoms with van der Waals surface area (Å²) in [6.07, 6.45) is -2.41. The molecule has 0 aliphatic heterocycles. The van der Waals surface area contributed by atoms with Gasteiger partial charge in [-0.25, -0.2) is 0 Å². The Morgan fingerprint density at radius 2 is 0.839 bits per heavy atom. The van der Waals surface area contributed by atoms with Gasteiger partial charge in [0.2, 0.25) is 76.8 Å². The van der Waals surface area contributed by atoms with Gasteiger partial charge in [0.25, 0.3) is 0 Å². The molecule has 3 rings (SSSR count). The lowest BCUT2D eigenvalue weighted by atomic mass is 9.99. The van der Waals surface area contributed by atoms with E-state index in [9.17, 15) is 91.7 Å². The van der Waals surface area contributed by atoms with E-state index in [-0.39, 0.29) is 76.3 Å². The van der Waals surface area contributed by atoms with Crippen molar-refractivity contribution in [1.29, 1.82) is 10.8 Å². The second-order valence-corrected chi connectivity index (χ2v) is 27.2. The normalized spacial score (nSPS) is 14.2. The molecule has 0 saturated heterocycles. The molecule has 3 aromatic rings.